The van der Waals surface area contributed by atoms with Crippen LogP contribution in [0.3, 0.4) is 0 Å². The molecule has 0 spiro atoms. The third-order valence-corrected chi connectivity index (χ3v) is 2.06. The van der Waals surface area contributed by atoms with Crippen LogP contribution in [0.4, 0.5) is 0 Å². The highest BCUT2D eigenvalue weighted by molar-refractivity contribution is 6.31. The highest BCUT2D eigenvalue weighted by Gasteiger charge is 2.15. The second-order valence-electron chi connectivity index (χ2n) is 3.27. The second kappa shape index (κ2) is 4.51. The molecule has 1 aromatic rings. The van der Waals surface area contributed by atoms with Crippen LogP contribution in [0, 0.1) is 0 Å². The van der Waals surface area contributed by atoms with Gasteiger partial charge in [-0.3, -0.25) is 0 Å². The molecule has 0 amide bonds. The number of carbonyl (C=O) groups excluding carboxylic acids is 1. The lowest BCUT2D eigenvalue weighted by Gasteiger charge is -2.11. The molecule has 0 saturated heterocycles. The minimum absolute atomic E-state index is 0.196. The first kappa shape index (κ1) is 11.1. The number of hydrogen-bond donors (Lipinski definition) is 0. The molecule has 0 aliphatic rings. The Morgan fingerprint density at radius 1 is 1.64 bits per heavy atom. The highest BCUT2D eigenvalue weighted by Crippen LogP contribution is 2.19. The fraction of sp³-hybridized carbons (Fsp3) is 0.500. The van der Waals surface area contributed by atoms with Crippen LogP contribution >= 0.6 is 11.6 Å². The number of halogens is 1. The van der Waals surface area contributed by atoms with E-state index in [1.807, 2.05) is 13.8 Å². The topological polar surface area (TPSA) is 31.2 Å². The van der Waals surface area contributed by atoms with Gasteiger partial charge in [-0.25, -0.2) is 4.79 Å². The summed E-state index contributed by atoms with van der Waals surface area (Å²) in [6.07, 6.45) is 1.73. The van der Waals surface area contributed by atoms with E-state index in [0.29, 0.717) is 17.3 Å². The zero-order chi connectivity index (χ0) is 10.7. The first-order valence-corrected chi connectivity index (χ1v) is 4.98. The van der Waals surface area contributed by atoms with E-state index in [1.165, 1.54) is 0 Å². The maximum absolute atomic E-state index is 11.5. The average molecular weight is 216 g/mol. The second-order valence-corrected chi connectivity index (χ2v) is 3.70. The zero-order valence-corrected chi connectivity index (χ0v) is 9.34. The average Bonchev–Trinajstić information content (AvgIpc) is 2.48. The van der Waals surface area contributed by atoms with Crippen LogP contribution in [0.1, 0.15) is 37.3 Å². The van der Waals surface area contributed by atoms with Gasteiger partial charge in [0.15, 0.2) is 0 Å². The summed E-state index contributed by atoms with van der Waals surface area (Å²) >= 11 is 5.83. The van der Waals surface area contributed by atoms with Gasteiger partial charge in [0, 0.05) is 12.2 Å². The number of hydrogen-bond acceptors (Lipinski definition) is 2. The number of aromatic nitrogens is 1. The molecular formula is C10H14ClNO2. The Bertz CT molecular complexity index is 331. The van der Waals surface area contributed by atoms with Crippen LogP contribution < -0.4 is 0 Å². The molecule has 0 aromatic carbocycles. The van der Waals surface area contributed by atoms with Gasteiger partial charge in [-0.1, -0.05) is 11.6 Å². The monoisotopic (exact) mass is 215 g/mol. The van der Waals surface area contributed by atoms with E-state index in [4.69, 9.17) is 16.3 Å². The Hall–Kier alpha value is -0.960. The maximum Gasteiger partial charge on any atom is 0.354 e. The van der Waals surface area contributed by atoms with Crippen molar-refractivity contribution in [3.05, 3.63) is 23.0 Å². The van der Waals surface area contributed by atoms with Crippen molar-refractivity contribution in [2.75, 3.05) is 6.61 Å². The maximum atomic E-state index is 11.5. The molecule has 0 saturated carbocycles. The Labute approximate surface area is 88.6 Å². The Morgan fingerprint density at radius 2 is 2.29 bits per heavy atom. The Kier molecular flexibility index (Phi) is 3.58. The summed E-state index contributed by atoms with van der Waals surface area (Å²) in [5.41, 5.74) is 0.506. The largest absolute Gasteiger partial charge is 0.461 e. The normalized spacial score (nSPS) is 10.6. The van der Waals surface area contributed by atoms with E-state index in [2.05, 4.69) is 0 Å². The van der Waals surface area contributed by atoms with Crippen LogP contribution in [-0.2, 0) is 4.74 Å². The first-order chi connectivity index (χ1) is 6.56. The van der Waals surface area contributed by atoms with Crippen LogP contribution in [0.2, 0.25) is 5.02 Å². The van der Waals surface area contributed by atoms with Crippen LogP contribution in [-0.4, -0.2) is 17.1 Å². The van der Waals surface area contributed by atoms with E-state index in [1.54, 1.807) is 23.8 Å². The lowest BCUT2D eigenvalue weighted by molar-refractivity contribution is 0.0512. The van der Waals surface area contributed by atoms with E-state index in [0.717, 1.165) is 0 Å². The number of nitrogens with zero attached hydrogens (tertiary/aromatic N) is 1. The van der Waals surface area contributed by atoms with Gasteiger partial charge in [-0.05, 0) is 26.8 Å². The number of rotatable bonds is 3. The highest BCUT2D eigenvalue weighted by atomic mass is 35.5. The SMILES string of the molecule is CCOC(=O)c1cc(Cl)cn1C(C)C. The molecule has 0 aliphatic heterocycles. The van der Waals surface area contributed by atoms with Crippen molar-refractivity contribution in [1.82, 2.24) is 4.57 Å². The lowest BCUT2D eigenvalue weighted by atomic mass is 10.3. The van der Waals surface area contributed by atoms with Gasteiger partial charge in [0.25, 0.3) is 0 Å². The molecule has 1 heterocycles. The van der Waals surface area contributed by atoms with E-state index in [9.17, 15) is 4.79 Å². The van der Waals surface area contributed by atoms with Crippen molar-refractivity contribution < 1.29 is 9.53 Å². The van der Waals surface area contributed by atoms with Crippen molar-refractivity contribution in [2.45, 2.75) is 26.8 Å². The van der Waals surface area contributed by atoms with E-state index in [-0.39, 0.29) is 12.0 Å². The van der Waals surface area contributed by atoms with E-state index >= 15 is 0 Å². The fourth-order valence-electron chi connectivity index (χ4n) is 1.24. The first-order valence-electron chi connectivity index (χ1n) is 4.60. The Balaban J connectivity index is 3.00. The van der Waals surface area contributed by atoms with Gasteiger partial charge in [-0.15, -0.1) is 0 Å². The predicted octanol–water partition coefficient (Wildman–Crippen LogP) is 2.90. The number of esters is 1. The zero-order valence-electron chi connectivity index (χ0n) is 8.58. The summed E-state index contributed by atoms with van der Waals surface area (Å²) in [5, 5.41) is 0.557. The molecule has 0 N–H and O–H groups in total. The molecule has 78 valence electrons. The van der Waals surface area contributed by atoms with Gasteiger partial charge in [0.2, 0.25) is 0 Å². The summed E-state index contributed by atoms with van der Waals surface area (Å²) in [6, 6.07) is 1.82. The van der Waals surface area contributed by atoms with Gasteiger partial charge in [0.1, 0.15) is 5.69 Å². The van der Waals surface area contributed by atoms with Gasteiger partial charge in [-0.2, -0.15) is 0 Å². The summed E-state index contributed by atoms with van der Waals surface area (Å²) < 4.78 is 6.72. The van der Waals surface area contributed by atoms with Crippen LogP contribution in [0.15, 0.2) is 12.3 Å². The van der Waals surface area contributed by atoms with Crippen molar-refractivity contribution in [3.8, 4) is 0 Å². The minimum Gasteiger partial charge on any atom is -0.461 e. The summed E-state index contributed by atoms with van der Waals surface area (Å²) in [7, 11) is 0. The molecular weight excluding hydrogens is 202 g/mol. The van der Waals surface area contributed by atoms with Crippen LogP contribution in [0.25, 0.3) is 0 Å². The molecule has 0 radical (unpaired) electrons. The van der Waals surface area contributed by atoms with Gasteiger partial charge in [0.05, 0.1) is 11.6 Å². The van der Waals surface area contributed by atoms with E-state index < -0.39 is 0 Å². The molecule has 0 atom stereocenters. The van der Waals surface area contributed by atoms with Gasteiger partial charge < -0.3 is 9.30 Å². The molecule has 14 heavy (non-hydrogen) atoms. The molecule has 1 aromatic heterocycles. The number of ether oxygens (including phenoxy) is 1. The summed E-state index contributed by atoms with van der Waals surface area (Å²) in [5.74, 6) is -0.326. The van der Waals surface area contributed by atoms with Gasteiger partial charge >= 0.3 is 5.97 Å². The van der Waals surface area contributed by atoms with Crippen molar-refractivity contribution in [3.63, 3.8) is 0 Å². The van der Waals surface area contributed by atoms with Crippen molar-refractivity contribution in [1.29, 1.82) is 0 Å². The van der Waals surface area contributed by atoms with Crippen molar-refractivity contribution in [2.24, 2.45) is 0 Å². The molecule has 3 nitrogen and oxygen atoms in total. The lowest BCUT2D eigenvalue weighted by Crippen LogP contribution is -2.12. The van der Waals surface area contributed by atoms with Crippen LogP contribution in [0.5, 0.6) is 0 Å². The summed E-state index contributed by atoms with van der Waals surface area (Å²) in [4.78, 5) is 11.5. The third-order valence-electron chi connectivity index (χ3n) is 1.86. The molecule has 4 heteroatoms. The molecule has 0 unspecified atom stereocenters. The smallest absolute Gasteiger partial charge is 0.354 e. The Morgan fingerprint density at radius 3 is 2.79 bits per heavy atom. The predicted molar refractivity (Wildman–Crippen MR) is 55.8 cm³/mol. The molecule has 0 fully saturated rings. The quantitative estimate of drug-likeness (QED) is 0.726. The van der Waals surface area contributed by atoms with Crippen molar-refractivity contribution >= 4 is 17.6 Å². The third kappa shape index (κ3) is 2.29. The number of carbonyl (C=O) groups is 1. The molecule has 1 rings (SSSR count). The summed E-state index contributed by atoms with van der Waals surface area (Å²) in [6.45, 7) is 6.12. The standard InChI is InChI=1S/C10H14ClNO2/c1-4-14-10(13)9-5-8(11)6-12(9)7(2)3/h5-7H,4H2,1-3H3. The minimum atomic E-state index is -0.326. The fourth-order valence-corrected chi connectivity index (χ4v) is 1.45. The molecule has 0 aliphatic carbocycles. The molecule has 0 bridgehead atoms.